The number of unbranched alkanes of at least 4 members (excludes halogenated alkanes) is 1. The van der Waals surface area contributed by atoms with Gasteiger partial charge in [0, 0.05) is 24.7 Å². The van der Waals surface area contributed by atoms with Crippen molar-refractivity contribution in [3.05, 3.63) is 65.2 Å². The topological polar surface area (TPSA) is 49.4 Å². The van der Waals surface area contributed by atoms with Gasteiger partial charge in [0.2, 0.25) is 0 Å². The molecule has 0 heterocycles. The molecule has 1 N–H and O–H groups in total. The van der Waals surface area contributed by atoms with Gasteiger partial charge in [-0.3, -0.25) is 9.59 Å². The predicted molar refractivity (Wildman–Crippen MR) is 92.6 cm³/mol. The Hall–Kier alpha value is -2.76. The van der Waals surface area contributed by atoms with Crippen molar-refractivity contribution in [2.24, 2.45) is 0 Å². The van der Waals surface area contributed by atoms with Crippen LogP contribution in [-0.4, -0.2) is 30.3 Å². The third-order valence-electron chi connectivity index (χ3n) is 3.77. The number of amides is 2. The average molecular weight is 346 g/mol. The first-order valence-corrected chi connectivity index (χ1v) is 8.05. The quantitative estimate of drug-likeness (QED) is 0.856. The Morgan fingerprint density at radius 1 is 1.04 bits per heavy atom. The van der Waals surface area contributed by atoms with E-state index in [1.165, 1.54) is 18.2 Å². The maximum absolute atomic E-state index is 13.6. The van der Waals surface area contributed by atoms with E-state index < -0.39 is 23.2 Å². The summed E-state index contributed by atoms with van der Waals surface area (Å²) < 4.78 is 27.3. The van der Waals surface area contributed by atoms with Crippen LogP contribution in [0.1, 0.15) is 40.5 Å². The normalized spacial score (nSPS) is 10.4. The molecule has 6 heteroatoms. The van der Waals surface area contributed by atoms with E-state index in [1.54, 1.807) is 24.1 Å². The molecule has 0 aliphatic heterocycles. The van der Waals surface area contributed by atoms with Crippen molar-refractivity contribution in [3.8, 4) is 0 Å². The Balaban J connectivity index is 2.18. The highest BCUT2D eigenvalue weighted by Gasteiger charge is 2.16. The van der Waals surface area contributed by atoms with Crippen molar-refractivity contribution >= 4 is 17.5 Å². The molecule has 25 heavy (non-hydrogen) atoms. The van der Waals surface area contributed by atoms with E-state index in [0.717, 1.165) is 25.0 Å². The molecule has 0 radical (unpaired) electrons. The summed E-state index contributed by atoms with van der Waals surface area (Å²) in [6, 6.07) is 9.39. The molecule has 0 aromatic heterocycles. The maximum Gasteiger partial charge on any atom is 0.255 e. The Labute approximate surface area is 145 Å². The van der Waals surface area contributed by atoms with Crippen LogP contribution in [0.3, 0.4) is 0 Å². The lowest BCUT2D eigenvalue weighted by atomic mass is 10.1. The molecular weight excluding hydrogens is 326 g/mol. The van der Waals surface area contributed by atoms with Crippen LogP contribution < -0.4 is 5.32 Å². The van der Waals surface area contributed by atoms with Crippen LogP contribution in [0.15, 0.2) is 42.5 Å². The fourth-order valence-electron chi connectivity index (χ4n) is 2.31. The Kier molecular flexibility index (Phi) is 6.22. The van der Waals surface area contributed by atoms with E-state index >= 15 is 0 Å². The van der Waals surface area contributed by atoms with Crippen LogP contribution in [0.25, 0.3) is 0 Å². The third kappa shape index (κ3) is 4.62. The number of para-hydroxylation sites is 1. The molecular formula is C19H20F2N2O2. The van der Waals surface area contributed by atoms with Gasteiger partial charge in [-0.2, -0.15) is 0 Å². The standard InChI is InChI=1S/C19H20F2N2O2/c1-3-4-11-23(2)19(25)14-8-5-7-13(12-14)18(24)22-17-15(20)9-6-10-16(17)21/h5-10,12H,3-4,11H2,1-2H3,(H,22,24). The fraction of sp³-hybridized carbons (Fsp3) is 0.263. The SMILES string of the molecule is CCCCN(C)C(=O)c1cccc(C(=O)Nc2c(F)cccc2F)c1. The minimum absolute atomic E-state index is 0.150. The van der Waals surface area contributed by atoms with Gasteiger partial charge < -0.3 is 10.2 Å². The minimum atomic E-state index is -0.861. The molecule has 0 aliphatic carbocycles. The van der Waals surface area contributed by atoms with Gasteiger partial charge in [0.25, 0.3) is 11.8 Å². The summed E-state index contributed by atoms with van der Waals surface area (Å²) in [5.41, 5.74) is -0.0121. The molecule has 132 valence electrons. The molecule has 2 amide bonds. The first-order chi connectivity index (χ1) is 11.9. The first kappa shape index (κ1) is 18.6. The number of carbonyl (C=O) groups is 2. The fourth-order valence-corrected chi connectivity index (χ4v) is 2.31. The second kappa shape index (κ2) is 8.37. The van der Waals surface area contributed by atoms with Crippen molar-refractivity contribution in [2.45, 2.75) is 19.8 Å². The number of benzene rings is 2. The molecule has 0 fully saturated rings. The highest BCUT2D eigenvalue weighted by molar-refractivity contribution is 6.06. The first-order valence-electron chi connectivity index (χ1n) is 8.05. The molecule has 0 bridgehead atoms. The lowest BCUT2D eigenvalue weighted by Gasteiger charge is -2.17. The summed E-state index contributed by atoms with van der Waals surface area (Å²) in [6.45, 7) is 2.65. The number of hydrogen-bond donors (Lipinski definition) is 1. The van der Waals surface area contributed by atoms with Crippen LogP contribution in [0, 0.1) is 11.6 Å². The summed E-state index contributed by atoms with van der Waals surface area (Å²) in [6.07, 6.45) is 1.85. The molecule has 2 rings (SSSR count). The van der Waals surface area contributed by atoms with Gasteiger partial charge >= 0.3 is 0 Å². The van der Waals surface area contributed by atoms with Gasteiger partial charge in [0.05, 0.1) is 0 Å². The summed E-state index contributed by atoms with van der Waals surface area (Å²) in [5, 5.41) is 2.21. The second-order valence-electron chi connectivity index (χ2n) is 5.71. The predicted octanol–water partition coefficient (Wildman–Crippen LogP) is 4.09. The van der Waals surface area contributed by atoms with Crippen molar-refractivity contribution in [1.82, 2.24) is 4.90 Å². The summed E-state index contributed by atoms with van der Waals surface area (Å²) in [4.78, 5) is 26.2. The monoisotopic (exact) mass is 346 g/mol. The molecule has 0 unspecified atom stereocenters. The van der Waals surface area contributed by atoms with Gasteiger partial charge in [0.1, 0.15) is 17.3 Å². The number of nitrogens with one attached hydrogen (secondary N) is 1. The van der Waals surface area contributed by atoms with E-state index in [1.807, 2.05) is 6.92 Å². The van der Waals surface area contributed by atoms with E-state index in [-0.39, 0.29) is 11.5 Å². The van der Waals surface area contributed by atoms with E-state index in [9.17, 15) is 18.4 Å². The number of rotatable bonds is 6. The maximum atomic E-state index is 13.6. The number of hydrogen-bond acceptors (Lipinski definition) is 2. The summed E-state index contributed by atoms with van der Waals surface area (Å²) >= 11 is 0. The van der Waals surface area contributed by atoms with Crippen LogP contribution in [0.2, 0.25) is 0 Å². The molecule has 0 saturated carbocycles. The highest BCUT2D eigenvalue weighted by atomic mass is 19.1. The van der Waals surface area contributed by atoms with Crippen LogP contribution >= 0.6 is 0 Å². The smallest absolute Gasteiger partial charge is 0.255 e. The van der Waals surface area contributed by atoms with Crippen molar-refractivity contribution in [3.63, 3.8) is 0 Å². The Bertz CT molecular complexity index is 758. The summed E-state index contributed by atoms with van der Waals surface area (Å²) in [7, 11) is 1.69. The Morgan fingerprint density at radius 2 is 1.64 bits per heavy atom. The molecule has 2 aromatic carbocycles. The zero-order valence-electron chi connectivity index (χ0n) is 14.2. The number of carbonyl (C=O) groups excluding carboxylic acids is 2. The average Bonchev–Trinajstić information content (AvgIpc) is 2.62. The van der Waals surface area contributed by atoms with Crippen molar-refractivity contribution in [1.29, 1.82) is 0 Å². The van der Waals surface area contributed by atoms with Gasteiger partial charge in [-0.25, -0.2) is 8.78 Å². The molecule has 2 aromatic rings. The number of anilines is 1. The van der Waals surface area contributed by atoms with Gasteiger partial charge in [-0.15, -0.1) is 0 Å². The van der Waals surface area contributed by atoms with Gasteiger partial charge in [-0.05, 0) is 36.8 Å². The molecule has 0 saturated heterocycles. The van der Waals surface area contributed by atoms with E-state index in [4.69, 9.17) is 0 Å². The van der Waals surface area contributed by atoms with E-state index in [2.05, 4.69) is 5.32 Å². The summed E-state index contributed by atoms with van der Waals surface area (Å²) in [5.74, 6) is -2.62. The zero-order valence-corrected chi connectivity index (χ0v) is 14.2. The van der Waals surface area contributed by atoms with Crippen molar-refractivity contribution < 1.29 is 18.4 Å². The van der Waals surface area contributed by atoms with Crippen LogP contribution in [0.5, 0.6) is 0 Å². The Morgan fingerprint density at radius 3 is 2.28 bits per heavy atom. The molecule has 0 spiro atoms. The molecule has 0 aliphatic rings. The van der Waals surface area contributed by atoms with Crippen LogP contribution in [0.4, 0.5) is 14.5 Å². The number of nitrogens with zero attached hydrogens (tertiary/aromatic N) is 1. The third-order valence-corrected chi connectivity index (χ3v) is 3.77. The molecule has 4 nitrogen and oxygen atoms in total. The second-order valence-corrected chi connectivity index (χ2v) is 5.71. The van der Waals surface area contributed by atoms with Gasteiger partial charge in [0.15, 0.2) is 0 Å². The van der Waals surface area contributed by atoms with Crippen molar-refractivity contribution in [2.75, 3.05) is 18.9 Å². The minimum Gasteiger partial charge on any atom is -0.342 e. The molecule has 0 atom stereocenters. The lowest BCUT2D eigenvalue weighted by molar-refractivity contribution is 0.0793. The zero-order chi connectivity index (χ0) is 18.4. The number of halogens is 2. The largest absolute Gasteiger partial charge is 0.342 e. The highest BCUT2D eigenvalue weighted by Crippen LogP contribution is 2.19. The van der Waals surface area contributed by atoms with Crippen LogP contribution in [-0.2, 0) is 0 Å². The van der Waals surface area contributed by atoms with E-state index in [0.29, 0.717) is 12.1 Å². The lowest BCUT2D eigenvalue weighted by Crippen LogP contribution is -2.28. The van der Waals surface area contributed by atoms with Gasteiger partial charge in [-0.1, -0.05) is 25.5 Å².